The Kier molecular flexibility index (Phi) is 5.51. The van der Waals surface area contributed by atoms with Crippen LogP contribution in [0, 0.1) is 0 Å². The second-order valence-electron chi connectivity index (χ2n) is 7.57. The maximum atomic E-state index is 14.9. The fourth-order valence-electron chi connectivity index (χ4n) is 3.44. The van der Waals surface area contributed by atoms with E-state index in [-0.39, 0.29) is 0 Å². The topological polar surface area (TPSA) is 20.2 Å². The van der Waals surface area contributed by atoms with Crippen LogP contribution in [0.4, 0.5) is 48.3 Å². The van der Waals surface area contributed by atoms with E-state index in [4.69, 9.17) is 0 Å². The molecule has 172 valence electrons. The van der Waals surface area contributed by atoms with Crippen molar-refractivity contribution in [1.29, 1.82) is 0 Å². The minimum atomic E-state index is -7.27. The molecule has 1 fully saturated rings. The molecule has 1 saturated carbocycles. The van der Waals surface area contributed by atoms with Crippen LogP contribution in [0.1, 0.15) is 37.8 Å². The molecule has 1 aromatic carbocycles. The van der Waals surface area contributed by atoms with Gasteiger partial charge < -0.3 is 5.11 Å². The highest BCUT2D eigenvalue weighted by molar-refractivity contribution is 5.32. The first-order chi connectivity index (χ1) is 13.2. The molecule has 2 rings (SSSR count). The highest BCUT2D eigenvalue weighted by Crippen LogP contribution is 2.71. The molecule has 1 N–H and O–H groups in total. The Morgan fingerprint density at radius 2 is 1.20 bits per heavy atom. The first-order valence-corrected chi connectivity index (χ1v) is 8.64. The van der Waals surface area contributed by atoms with Crippen LogP contribution in [0.2, 0.25) is 0 Å². The lowest BCUT2D eigenvalue weighted by Gasteiger charge is -2.53. The van der Waals surface area contributed by atoms with E-state index in [9.17, 15) is 53.4 Å². The van der Waals surface area contributed by atoms with Crippen molar-refractivity contribution < 1.29 is 53.4 Å². The van der Waals surface area contributed by atoms with E-state index in [2.05, 4.69) is 0 Å². The number of rotatable bonds is 5. The van der Waals surface area contributed by atoms with Gasteiger partial charge in [-0.15, -0.1) is 0 Å². The summed E-state index contributed by atoms with van der Waals surface area (Å²) in [6.07, 6.45) is -1.85. The molecule has 12 heteroatoms. The third-order valence-electron chi connectivity index (χ3n) is 5.25. The highest BCUT2D eigenvalue weighted by atomic mass is 19.4. The predicted octanol–water partition coefficient (Wildman–Crippen LogP) is 6.14. The molecule has 1 unspecified atom stereocenters. The Hall–Kier alpha value is -1.59. The Labute approximate surface area is 163 Å². The van der Waals surface area contributed by atoms with Crippen molar-refractivity contribution in [2.24, 2.45) is 0 Å². The number of hydrogen-bond acceptors (Lipinski definition) is 1. The molecule has 1 aliphatic rings. The summed E-state index contributed by atoms with van der Waals surface area (Å²) in [5, 5.41) is 10.3. The van der Waals surface area contributed by atoms with Gasteiger partial charge in [0.15, 0.2) is 0 Å². The zero-order valence-electron chi connectivity index (χ0n) is 15.5. The summed E-state index contributed by atoms with van der Waals surface area (Å²) in [6.45, 7) is 2.17. The van der Waals surface area contributed by atoms with E-state index < -0.39 is 52.9 Å². The van der Waals surface area contributed by atoms with Gasteiger partial charge in [-0.05, 0) is 24.5 Å². The van der Waals surface area contributed by atoms with Crippen LogP contribution in [0.3, 0.4) is 0 Å². The summed E-state index contributed by atoms with van der Waals surface area (Å²) in [5.74, 6) is -35.5. The van der Waals surface area contributed by atoms with E-state index in [1.54, 1.807) is 6.92 Å². The number of hydrogen-bond donors (Lipinski definition) is 1. The van der Waals surface area contributed by atoms with E-state index >= 15 is 0 Å². The van der Waals surface area contributed by atoms with Crippen LogP contribution < -0.4 is 0 Å². The molecule has 0 saturated heterocycles. The lowest BCUT2D eigenvalue weighted by molar-refractivity contribution is -0.488. The Morgan fingerprint density at radius 3 is 1.63 bits per heavy atom. The quantitative estimate of drug-likeness (QED) is 0.526. The van der Waals surface area contributed by atoms with Gasteiger partial charge in [-0.1, -0.05) is 37.6 Å². The van der Waals surface area contributed by atoms with Crippen LogP contribution in [-0.2, 0) is 12.0 Å². The van der Waals surface area contributed by atoms with E-state index in [0.29, 0.717) is 25.3 Å². The van der Waals surface area contributed by atoms with Gasteiger partial charge in [0.1, 0.15) is 0 Å². The summed E-state index contributed by atoms with van der Waals surface area (Å²) < 4.78 is 152. The maximum Gasteiger partial charge on any atom is 0.384 e. The minimum Gasteiger partial charge on any atom is -0.385 e. The van der Waals surface area contributed by atoms with Crippen molar-refractivity contribution in [1.82, 2.24) is 0 Å². The third-order valence-corrected chi connectivity index (χ3v) is 5.25. The van der Waals surface area contributed by atoms with Crippen molar-refractivity contribution >= 4 is 0 Å². The molecule has 0 spiro atoms. The second-order valence-corrected chi connectivity index (χ2v) is 7.57. The molecule has 0 amide bonds. The zero-order valence-corrected chi connectivity index (χ0v) is 15.5. The number of alkyl halides is 11. The smallest absolute Gasteiger partial charge is 0.384 e. The summed E-state index contributed by atoms with van der Waals surface area (Å²) in [6, 6.07) is 4.65. The van der Waals surface area contributed by atoms with Crippen molar-refractivity contribution in [3.05, 3.63) is 35.4 Å². The van der Waals surface area contributed by atoms with Gasteiger partial charge in [0.25, 0.3) is 5.67 Å². The number of halogens is 11. The monoisotopic (exact) mass is 458 g/mol. The molecule has 30 heavy (non-hydrogen) atoms. The van der Waals surface area contributed by atoms with Crippen molar-refractivity contribution in [3.8, 4) is 0 Å². The number of benzene rings is 1. The number of aryl methyl sites for hydroxylation is 1. The lowest BCUT2D eigenvalue weighted by Crippen LogP contribution is -2.84. The standard InChI is InChI=1S/C18H17F11O/c1-3-5-10-6-4-7-11(8-10)12(2,30)9-13(19)14(20,21)16(24,25)18(28,29)17(26,27)15(13,22)23/h4,6-8,30H,3,5,9H2,1-2H3. The SMILES string of the molecule is CCCc1cccc(C(C)(O)CC2(F)C(F)(F)C(F)(F)C(F)(F)C(F)(F)C2(F)F)c1. The maximum absolute atomic E-state index is 14.9. The fourth-order valence-corrected chi connectivity index (χ4v) is 3.44. The molecule has 0 heterocycles. The van der Waals surface area contributed by atoms with Gasteiger partial charge in [-0.25, -0.2) is 4.39 Å². The van der Waals surface area contributed by atoms with Crippen LogP contribution in [0.5, 0.6) is 0 Å². The van der Waals surface area contributed by atoms with Gasteiger partial charge in [0, 0.05) is 6.42 Å². The Balaban J connectivity index is 2.67. The second kappa shape index (κ2) is 6.70. The molecule has 1 aliphatic carbocycles. The normalized spacial score (nSPS) is 27.3. The average Bonchev–Trinajstić information content (AvgIpc) is 2.60. The summed E-state index contributed by atoms with van der Waals surface area (Å²) in [4.78, 5) is 0. The predicted molar refractivity (Wildman–Crippen MR) is 83.2 cm³/mol. The Morgan fingerprint density at radius 1 is 0.767 bits per heavy atom. The molecule has 0 aromatic heterocycles. The molecule has 1 nitrogen and oxygen atoms in total. The van der Waals surface area contributed by atoms with Gasteiger partial charge >= 0.3 is 29.6 Å². The summed E-state index contributed by atoms with van der Waals surface area (Å²) in [7, 11) is 0. The number of aliphatic hydroxyl groups is 1. The highest BCUT2D eigenvalue weighted by Gasteiger charge is 3.01. The van der Waals surface area contributed by atoms with Crippen LogP contribution in [0.15, 0.2) is 24.3 Å². The zero-order chi connectivity index (χ0) is 23.6. The van der Waals surface area contributed by atoms with Crippen molar-refractivity contribution in [3.63, 3.8) is 0 Å². The summed E-state index contributed by atoms with van der Waals surface area (Å²) >= 11 is 0. The van der Waals surface area contributed by atoms with Crippen molar-refractivity contribution in [2.45, 2.75) is 74.0 Å². The molecular formula is C18H17F11O. The van der Waals surface area contributed by atoms with Crippen LogP contribution in [-0.4, -0.2) is 40.4 Å². The van der Waals surface area contributed by atoms with Crippen LogP contribution in [0.25, 0.3) is 0 Å². The molecule has 0 bridgehead atoms. The first kappa shape index (κ1) is 24.7. The summed E-state index contributed by atoms with van der Waals surface area (Å²) in [5.41, 5.74) is -9.46. The lowest BCUT2D eigenvalue weighted by atomic mass is 9.67. The third kappa shape index (κ3) is 2.85. The van der Waals surface area contributed by atoms with E-state index in [0.717, 1.165) is 12.1 Å². The first-order valence-electron chi connectivity index (χ1n) is 8.64. The molecular weight excluding hydrogens is 441 g/mol. The molecule has 0 radical (unpaired) electrons. The largest absolute Gasteiger partial charge is 0.385 e. The van der Waals surface area contributed by atoms with Gasteiger partial charge in [-0.3, -0.25) is 0 Å². The fraction of sp³-hybridized carbons (Fsp3) is 0.667. The van der Waals surface area contributed by atoms with Gasteiger partial charge in [0.2, 0.25) is 0 Å². The van der Waals surface area contributed by atoms with E-state index in [1.807, 2.05) is 0 Å². The van der Waals surface area contributed by atoms with Crippen molar-refractivity contribution in [2.75, 3.05) is 0 Å². The average molecular weight is 458 g/mol. The van der Waals surface area contributed by atoms with Crippen LogP contribution >= 0.6 is 0 Å². The van der Waals surface area contributed by atoms with Gasteiger partial charge in [-0.2, -0.15) is 43.9 Å². The minimum absolute atomic E-state index is 0.333. The van der Waals surface area contributed by atoms with Gasteiger partial charge in [0.05, 0.1) is 5.60 Å². The van der Waals surface area contributed by atoms with E-state index in [1.165, 1.54) is 12.1 Å². The Bertz CT molecular complexity index is 771. The molecule has 0 aliphatic heterocycles. The molecule has 1 aromatic rings. The molecule has 1 atom stereocenters.